The van der Waals surface area contributed by atoms with Crippen molar-refractivity contribution in [2.24, 2.45) is 11.8 Å². The van der Waals surface area contributed by atoms with E-state index in [0.717, 1.165) is 70.7 Å². The van der Waals surface area contributed by atoms with Crippen LogP contribution < -0.4 is 0 Å². The molecular weight excluding hydrogens is 370 g/mol. The van der Waals surface area contributed by atoms with Crippen LogP contribution in [0.2, 0.25) is 0 Å². The minimum absolute atomic E-state index is 0.382. The van der Waals surface area contributed by atoms with E-state index < -0.39 is 0 Å². The number of rotatable bonds is 7. The third-order valence-corrected chi connectivity index (χ3v) is 6.96. The lowest BCUT2D eigenvalue weighted by molar-refractivity contribution is -0.133. The highest BCUT2D eigenvalue weighted by molar-refractivity contribution is 5.76. The van der Waals surface area contributed by atoms with Gasteiger partial charge in [0.15, 0.2) is 0 Å². The molecule has 160 valence electrons. The molecule has 0 spiro atoms. The topological polar surface area (TPSA) is 36.4 Å². The van der Waals surface area contributed by atoms with Gasteiger partial charge in [0, 0.05) is 38.4 Å². The summed E-state index contributed by atoms with van der Waals surface area (Å²) >= 11 is 0. The number of benzene rings is 1. The lowest BCUT2D eigenvalue weighted by atomic mass is 9.89. The Hall–Kier alpha value is -2.20. The zero-order valence-electron chi connectivity index (χ0n) is 18.1. The molecule has 2 aromatic rings. The maximum Gasteiger partial charge on any atom is 0.222 e. The van der Waals surface area contributed by atoms with Gasteiger partial charge in [-0.2, -0.15) is 0 Å². The van der Waals surface area contributed by atoms with E-state index in [4.69, 9.17) is 0 Å². The molecule has 0 N–H and O–H groups in total. The normalized spacial score (nSPS) is 19.1. The SMILES string of the molecule is O=C(CCC1CCN(Cc2ccncc2)CC1)N1CCC(Cc2ccccc2)CC1. The molecule has 0 aliphatic carbocycles. The molecule has 0 radical (unpaired) electrons. The van der Waals surface area contributed by atoms with Gasteiger partial charge >= 0.3 is 0 Å². The van der Waals surface area contributed by atoms with E-state index in [9.17, 15) is 4.79 Å². The van der Waals surface area contributed by atoms with Crippen molar-refractivity contribution < 1.29 is 4.79 Å². The number of amides is 1. The summed E-state index contributed by atoms with van der Waals surface area (Å²) in [6.45, 7) is 5.20. The summed E-state index contributed by atoms with van der Waals surface area (Å²) < 4.78 is 0. The fraction of sp³-hybridized carbons (Fsp3) is 0.538. The third-order valence-electron chi connectivity index (χ3n) is 6.96. The van der Waals surface area contributed by atoms with Gasteiger partial charge in [0.1, 0.15) is 0 Å². The van der Waals surface area contributed by atoms with Crippen LogP contribution in [0.4, 0.5) is 0 Å². The molecule has 2 aliphatic heterocycles. The average Bonchev–Trinajstić information content (AvgIpc) is 2.80. The first kappa shape index (κ1) is 21.0. The van der Waals surface area contributed by atoms with E-state index >= 15 is 0 Å². The highest BCUT2D eigenvalue weighted by atomic mass is 16.2. The molecule has 4 rings (SSSR count). The molecule has 4 heteroatoms. The summed E-state index contributed by atoms with van der Waals surface area (Å²) in [6.07, 6.45) is 11.4. The van der Waals surface area contributed by atoms with Crippen LogP contribution in [-0.2, 0) is 17.8 Å². The van der Waals surface area contributed by atoms with Crippen molar-refractivity contribution >= 4 is 5.91 Å². The molecule has 4 nitrogen and oxygen atoms in total. The van der Waals surface area contributed by atoms with Crippen molar-refractivity contribution in [2.75, 3.05) is 26.2 Å². The van der Waals surface area contributed by atoms with Crippen LogP contribution in [0.25, 0.3) is 0 Å². The number of piperidine rings is 2. The Morgan fingerprint density at radius 3 is 2.20 bits per heavy atom. The zero-order chi connectivity index (χ0) is 20.6. The van der Waals surface area contributed by atoms with Crippen LogP contribution in [0.1, 0.15) is 49.7 Å². The molecule has 1 aromatic heterocycles. The van der Waals surface area contributed by atoms with E-state index in [2.05, 4.69) is 57.2 Å². The Bertz CT molecular complexity index is 763. The number of likely N-dealkylation sites (tertiary alicyclic amines) is 2. The number of nitrogens with zero attached hydrogens (tertiary/aromatic N) is 3. The summed E-state index contributed by atoms with van der Waals surface area (Å²) in [5.41, 5.74) is 2.77. The van der Waals surface area contributed by atoms with Crippen molar-refractivity contribution in [3.63, 3.8) is 0 Å². The van der Waals surface area contributed by atoms with Crippen molar-refractivity contribution in [3.8, 4) is 0 Å². The van der Waals surface area contributed by atoms with Crippen molar-refractivity contribution in [2.45, 2.75) is 51.5 Å². The van der Waals surface area contributed by atoms with Crippen molar-refractivity contribution in [1.29, 1.82) is 0 Å². The molecule has 2 aliphatic rings. The molecule has 1 aromatic carbocycles. The molecule has 2 saturated heterocycles. The lowest BCUT2D eigenvalue weighted by Crippen LogP contribution is -2.39. The van der Waals surface area contributed by atoms with Crippen LogP contribution in [0.15, 0.2) is 54.9 Å². The first-order valence-electron chi connectivity index (χ1n) is 11.7. The molecule has 30 heavy (non-hydrogen) atoms. The molecule has 0 bridgehead atoms. The Labute approximate surface area is 181 Å². The van der Waals surface area contributed by atoms with Crippen molar-refractivity contribution in [3.05, 3.63) is 66.0 Å². The first-order chi connectivity index (χ1) is 14.8. The lowest BCUT2D eigenvalue weighted by Gasteiger charge is -2.34. The quantitative estimate of drug-likeness (QED) is 0.678. The number of carbonyl (C=O) groups is 1. The second-order valence-electron chi connectivity index (χ2n) is 9.13. The number of pyridine rings is 1. The Balaban J connectivity index is 1.12. The molecule has 2 fully saturated rings. The summed E-state index contributed by atoms with van der Waals surface area (Å²) in [4.78, 5) is 21.5. The highest BCUT2D eigenvalue weighted by Gasteiger charge is 2.25. The minimum atomic E-state index is 0.382. The number of hydrogen-bond donors (Lipinski definition) is 0. The van der Waals surface area contributed by atoms with Gasteiger partial charge < -0.3 is 4.90 Å². The molecular formula is C26H35N3O. The summed E-state index contributed by atoms with van der Waals surface area (Å²) in [6, 6.07) is 15.0. The fourth-order valence-electron chi connectivity index (χ4n) is 5.00. The molecule has 0 atom stereocenters. The van der Waals surface area contributed by atoms with E-state index in [-0.39, 0.29) is 0 Å². The largest absolute Gasteiger partial charge is 0.343 e. The molecule has 0 saturated carbocycles. The number of carbonyl (C=O) groups excluding carboxylic acids is 1. The monoisotopic (exact) mass is 405 g/mol. The Morgan fingerprint density at radius 2 is 1.50 bits per heavy atom. The van der Waals surface area contributed by atoms with E-state index in [1.165, 1.54) is 24.0 Å². The third kappa shape index (κ3) is 6.15. The summed E-state index contributed by atoms with van der Waals surface area (Å²) in [5, 5.41) is 0. The van der Waals surface area contributed by atoms with Gasteiger partial charge in [-0.1, -0.05) is 30.3 Å². The van der Waals surface area contributed by atoms with Gasteiger partial charge in [-0.25, -0.2) is 0 Å². The highest BCUT2D eigenvalue weighted by Crippen LogP contribution is 2.25. The summed E-state index contributed by atoms with van der Waals surface area (Å²) in [5.74, 6) is 1.81. The van der Waals surface area contributed by atoms with E-state index in [0.29, 0.717) is 11.8 Å². The predicted molar refractivity (Wildman–Crippen MR) is 121 cm³/mol. The maximum absolute atomic E-state index is 12.7. The van der Waals surface area contributed by atoms with Gasteiger partial charge in [0.2, 0.25) is 5.91 Å². The fourth-order valence-corrected chi connectivity index (χ4v) is 5.00. The maximum atomic E-state index is 12.7. The number of aromatic nitrogens is 1. The van der Waals surface area contributed by atoms with Gasteiger partial charge in [-0.15, -0.1) is 0 Å². The van der Waals surface area contributed by atoms with Crippen LogP contribution in [0.3, 0.4) is 0 Å². The van der Waals surface area contributed by atoms with Gasteiger partial charge in [-0.3, -0.25) is 14.7 Å². The van der Waals surface area contributed by atoms with Gasteiger partial charge in [0.05, 0.1) is 0 Å². The number of hydrogen-bond acceptors (Lipinski definition) is 3. The average molecular weight is 406 g/mol. The Morgan fingerprint density at radius 1 is 0.833 bits per heavy atom. The zero-order valence-corrected chi connectivity index (χ0v) is 18.1. The van der Waals surface area contributed by atoms with Crippen LogP contribution in [0, 0.1) is 11.8 Å². The van der Waals surface area contributed by atoms with E-state index in [1.54, 1.807) is 0 Å². The van der Waals surface area contributed by atoms with Gasteiger partial charge in [0.25, 0.3) is 0 Å². The molecule has 3 heterocycles. The molecule has 1 amide bonds. The first-order valence-corrected chi connectivity index (χ1v) is 11.7. The summed E-state index contributed by atoms with van der Waals surface area (Å²) in [7, 11) is 0. The van der Waals surface area contributed by atoms with Crippen molar-refractivity contribution in [1.82, 2.24) is 14.8 Å². The van der Waals surface area contributed by atoms with E-state index in [1.807, 2.05) is 12.4 Å². The van der Waals surface area contributed by atoms with Crippen LogP contribution in [-0.4, -0.2) is 46.9 Å². The van der Waals surface area contributed by atoms with Crippen LogP contribution >= 0.6 is 0 Å². The second kappa shape index (κ2) is 10.7. The second-order valence-corrected chi connectivity index (χ2v) is 9.13. The van der Waals surface area contributed by atoms with Gasteiger partial charge in [-0.05, 0) is 86.7 Å². The minimum Gasteiger partial charge on any atom is -0.343 e. The smallest absolute Gasteiger partial charge is 0.222 e. The predicted octanol–water partition coefficient (Wildman–Crippen LogP) is 4.56. The standard InChI is InChI=1S/C26H35N3O/c30-26(29-18-12-24(13-19-29)20-23-4-2-1-3-5-23)7-6-22-10-16-28(17-11-22)21-25-8-14-27-15-9-25/h1-5,8-9,14-15,22,24H,6-7,10-13,16-21H2. The van der Waals surface area contributed by atoms with Crippen LogP contribution in [0.5, 0.6) is 0 Å². The Kier molecular flexibility index (Phi) is 7.52. The molecule has 0 unspecified atom stereocenters.